The lowest BCUT2D eigenvalue weighted by atomic mass is 10.1. The molecule has 0 atom stereocenters. The van der Waals surface area contributed by atoms with E-state index in [0.29, 0.717) is 23.1 Å². The summed E-state index contributed by atoms with van der Waals surface area (Å²) in [7, 11) is -4.09. The van der Waals surface area contributed by atoms with Crippen LogP contribution in [-0.4, -0.2) is 76.3 Å². The molecule has 0 spiro atoms. The lowest BCUT2D eigenvalue weighted by molar-refractivity contribution is 0.209. The first kappa shape index (κ1) is 30.7. The van der Waals surface area contributed by atoms with Gasteiger partial charge in [-0.25, -0.2) is 28.7 Å². The van der Waals surface area contributed by atoms with Crippen molar-refractivity contribution in [2.24, 2.45) is 0 Å². The maximum absolute atomic E-state index is 15.2. The van der Waals surface area contributed by atoms with Gasteiger partial charge in [-0.3, -0.25) is 4.90 Å². The van der Waals surface area contributed by atoms with Crippen molar-refractivity contribution in [1.29, 1.82) is 0 Å². The van der Waals surface area contributed by atoms with E-state index in [1.54, 1.807) is 19.1 Å². The molecular formula is C29H36F2N8O3S. The van der Waals surface area contributed by atoms with Crippen LogP contribution < -0.4 is 9.96 Å². The standard InChI is InChI=1S/C29H36F2N8O3S/c1-17(2)36-10-12-37(13-11-36)24-8-9-26(33-19(24)5)39(42-43(7,40)41)29-32-16-23(31)27(35-29)21-14-22(30)28-25(15-21)38(18(3)4)20(6)34-28/h8-9,14-18H,10-13H2,1-7H3. The van der Waals surface area contributed by atoms with Crippen molar-refractivity contribution in [3.8, 4) is 11.3 Å². The highest BCUT2D eigenvalue weighted by Crippen LogP contribution is 2.33. The minimum Gasteiger partial charge on any atom is -0.368 e. The summed E-state index contributed by atoms with van der Waals surface area (Å²) in [6, 6.07) is 6.62. The first-order chi connectivity index (χ1) is 20.2. The first-order valence-corrected chi connectivity index (χ1v) is 15.9. The molecule has 0 aliphatic carbocycles. The molecule has 43 heavy (non-hydrogen) atoms. The van der Waals surface area contributed by atoms with Gasteiger partial charge >= 0.3 is 0 Å². The monoisotopic (exact) mass is 614 g/mol. The van der Waals surface area contributed by atoms with Gasteiger partial charge in [0.1, 0.15) is 17.0 Å². The lowest BCUT2D eigenvalue weighted by Crippen LogP contribution is -2.49. The van der Waals surface area contributed by atoms with Crippen molar-refractivity contribution < 1.29 is 21.5 Å². The molecular weight excluding hydrogens is 578 g/mol. The number of aromatic nitrogens is 5. The van der Waals surface area contributed by atoms with Crippen LogP contribution in [0, 0.1) is 25.5 Å². The van der Waals surface area contributed by atoms with E-state index in [2.05, 4.69) is 43.6 Å². The van der Waals surface area contributed by atoms with Gasteiger partial charge in [0.15, 0.2) is 17.5 Å². The Balaban J connectivity index is 1.54. The molecule has 4 heterocycles. The number of halogens is 2. The Morgan fingerprint density at radius 2 is 1.63 bits per heavy atom. The summed E-state index contributed by atoms with van der Waals surface area (Å²) < 4.78 is 62.1. The van der Waals surface area contributed by atoms with Crippen molar-refractivity contribution in [1.82, 2.24) is 29.4 Å². The van der Waals surface area contributed by atoms with Gasteiger partial charge in [-0.2, -0.15) is 8.42 Å². The van der Waals surface area contributed by atoms with Crippen molar-refractivity contribution in [3.63, 3.8) is 0 Å². The highest BCUT2D eigenvalue weighted by atomic mass is 32.2. The number of benzene rings is 1. The Hall–Kier alpha value is -3.75. The third kappa shape index (κ3) is 6.31. The molecule has 11 nitrogen and oxygen atoms in total. The zero-order valence-electron chi connectivity index (χ0n) is 25.3. The Labute approximate surface area is 250 Å². The van der Waals surface area contributed by atoms with E-state index >= 15 is 8.78 Å². The highest BCUT2D eigenvalue weighted by Gasteiger charge is 2.26. The zero-order chi connectivity index (χ0) is 31.2. The number of piperazine rings is 1. The minimum atomic E-state index is -4.09. The molecule has 0 radical (unpaired) electrons. The van der Waals surface area contributed by atoms with Gasteiger partial charge < -0.3 is 9.47 Å². The van der Waals surface area contributed by atoms with Crippen molar-refractivity contribution in [3.05, 3.63) is 53.6 Å². The van der Waals surface area contributed by atoms with Gasteiger partial charge in [-0.05, 0) is 65.8 Å². The number of aryl methyl sites for hydroxylation is 2. The van der Waals surface area contributed by atoms with Crippen LogP contribution in [0.15, 0.2) is 30.5 Å². The molecule has 1 aliphatic heterocycles. The summed E-state index contributed by atoms with van der Waals surface area (Å²) in [6.07, 6.45) is 1.76. The van der Waals surface area contributed by atoms with Crippen LogP contribution in [0.25, 0.3) is 22.3 Å². The third-order valence-electron chi connectivity index (χ3n) is 7.47. The van der Waals surface area contributed by atoms with E-state index < -0.39 is 21.8 Å². The molecule has 0 bridgehead atoms. The number of anilines is 3. The molecule has 0 amide bonds. The number of nitrogens with zero attached hydrogens (tertiary/aromatic N) is 8. The summed E-state index contributed by atoms with van der Waals surface area (Å²) >= 11 is 0. The molecule has 14 heteroatoms. The molecule has 1 aliphatic rings. The molecule has 1 aromatic carbocycles. The Kier molecular flexibility index (Phi) is 8.38. The number of rotatable bonds is 8. The molecule has 5 rings (SSSR count). The zero-order valence-corrected chi connectivity index (χ0v) is 26.2. The Morgan fingerprint density at radius 1 is 0.930 bits per heavy atom. The normalized spacial score (nSPS) is 14.8. The minimum absolute atomic E-state index is 0.0273. The topological polar surface area (TPSA) is 110 Å². The summed E-state index contributed by atoms with van der Waals surface area (Å²) in [5.74, 6) is -1.05. The molecule has 0 N–H and O–H groups in total. The van der Waals surface area contributed by atoms with E-state index in [1.165, 1.54) is 0 Å². The molecule has 1 fully saturated rings. The van der Waals surface area contributed by atoms with Crippen LogP contribution in [0.4, 0.5) is 26.2 Å². The van der Waals surface area contributed by atoms with E-state index in [-0.39, 0.29) is 34.6 Å². The predicted octanol–water partition coefficient (Wildman–Crippen LogP) is 4.92. The summed E-state index contributed by atoms with van der Waals surface area (Å²) in [5.41, 5.74) is 2.09. The van der Waals surface area contributed by atoms with Crippen molar-refractivity contribution in [2.75, 3.05) is 42.4 Å². The first-order valence-electron chi connectivity index (χ1n) is 14.1. The quantitative estimate of drug-likeness (QED) is 0.254. The van der Waals surface area contributed by atoms with Gasteiger partial charge in [0.05, 0.1) is 29.4 Å². The number of hydrogen-bond donors (Lipinski definition) is 0. The average Bonchev–Trinajstić information content (AvgIpc) is 3.28. The maximum atomic E-state index is 15.2. The maximum Gasteiger partial charge on any atom is 0.285 e. The predicted molar refractivity (Wildman–Crippen MR) is 162 cm³/mol. The number of pyridine rings is 1. The van der Waals surface area contributed by atoms with Crippen LogP contribution in [0.3, 0.4) is 0 Å². The lowest BCUT2D eigenvalue weighted by Gasteiger charge is -2.38. The van der Waals surface area contributed by atoms with Crippen LogP contribution in [0.2, 0.25) is 0 Å². The molecule has 1 saturated heterocycles. The SMILES string of the molecule is Cc1nc(N(OS(C)(=O)=O)c2ncc(F)c(-c3cc(F)c4nc(C)n(C(C)C)c4c3)n2)ccc1N1CCN(C(C)C)CC1. The summed E-state index contributed by atoms with van der Waals surface area (Å²) in [4.78, 5) is 21.9. The van der Waals surface area contributed by atoms with Gasteiger partial charge in [0, 0.05) is 43.8 Å². The van der Waals surface area contributed by atoms with Crippen LogP contribution in [-0.2, 0) is 14.4 Å². The summed E-state index contributed by atoms with van der Waals surface area (Å²) in [5, 5.41) is 0.836. The van der Waals surface area contributed by atoms with E-state index in [4.69, 9.17) is 4.28 Å². The molecule has 4 aromatic rings. The Bertz CT molecular complexity index is 1770. The largest absolute Gasteiger partial charge is 0.368 e. The van der Waals surface area contributed by atoms with Gasteiger partial charge in [-0.1, -0.05) is 0 Å². The van der Waals surface area contributed by atoms with E-state index in [9.17, 15) is 8.42 Å². The van der Waals surface area contributed by atoms with Crippen molar-refractivity contribution in [2.45, 2.75) is 53.6 Å². The van der Waals surface area contributed by atoms with Crippen LogP contribution in [0.5, 0.6) is 0 Å². The molecule has 230 valence electrons. The van der Waals surface area contributed by atoms with Crippen LogP contribution in [0.1, 0.15) is 45.3 Å². The molecule has 0 saturated carbocycles. The average molecular weight is 615 g/mol. The Morgan fingerprint density at radius 3 is 2.23 bits per heavy atom. The van der Waals surface area contributed by atoms with Crippen LogP contribution >= 0.6 is 0 Å². The fourth-order valence-electron chi connectivity index (χ4n) is 5.49. The van der Waals surface area contributed by atoms with Gasteiger partial charge in [-0.15, -0.1) is 9.35 Å². The number of fused-ring (bicyclic) bond motifs is 1. The second kappa shape index (κ2) is 11.7. The number of hydrogen-bond acceptors (Lipinski definition) is 10. The molecule has 0 unspecified atom stereocenters. The number of imidazole rings is 1. The second-order valence-electron chi connectivity index (χ2n) is 11.3. The van der Waals surface area contributed by atoms with Gasteiger partial charge in [0.2, 0.25) is 0 Å². The third-order valence-corrected chi connectivity index (χ3v) is 7.89. The van der Waals surface area contributed by atoms with Crippen molar-refractivity contribution >= 4 is 38.6 Å². The fraction of sp³-hybridized carbons (Fsp3) is 0.448. The van der Waals surface area contributed by atoms with E-state index in [1.807, 2.05) is 31.4 Å². The fourth-order valence-corrected chi connectivity index (χ4v) is 5.91. The smallest absolute Gasteiger partial charge is 0.285 e. The highest BCUT2D eigenvalue weighted by molar-refractivity contribution is 7.86. The van der Waals surface area contributed by atoms with Gasteiger partial charge in [0.25, 0.3) is 16.1 Å². The molecule has 3 aromatic heterocycles. The summed E-state index contributed by atoms with van der Waals surface area (Å²) in [6.45, 7) is 15.3. The van der Waals surface area contributed by atoms with E-state index in [0.717, 1.165) is 55.4 Å². The second-order valence-corrected chi connectivity index (χ2v) is 12.8.